The molecule has 0 spiro atoms. The summed E-state index contributed by atoms with van der Waals surface area (Å²) < 4.78 is 67.7. The number of hydrogen-bond acceptors (Lipinski definition) is 7. The minimum Gasteiger partial charge on any atom is -0.481 e. The first-order valence-electron chi connectivity index (χ1n) is 13.2. The Morgan fingerprint density at radius 1 is 1.33 bits per heavy atom. The highest BCUT2D eigenvalue weighted by molar-refractivity contribution is 5.75. The number of aromatic nitrogens is 5. The monoisotopic (exact) mass is 542 g/mol. The van der Waals surface area contributed by atoms with Crippen molar-refractivity contribution in [1.29, 1.82) is 5.26 Å². The third kappa shape index (κ3) is 4.17. The maximum Gasteiger partial charge on any atom is 0.421 e. The van der Waals surface area contributed by atoms with Crippen LogP contribution in [0.25, 0.3) is 28.2 Å². The highest BCUT2D eigenvalue weighted by Gasteiger charge is 2.51. The molecular weight excluding hydrogens is 515 g/mol. The molecule has 1 aliphatic rings. The molecule has 13 heteroatoms. The van der Waals surface area contributed by atoms with Gasteiger partial charge in [0.25, 0.3) is 0 Å². The third-order valence-corrected chi connectivity index (χ3v) is 7.30. The number of aliphatic carboxylic acids is 1. The lowest BCUT2D eigenvalue weighted by atomic mass is 9.67. The van der Waals surface area contributed by atoms with Crippen molar-refractivity contribution in [3.05, 3.63) is 54.1 Å². The van der Waals surface area contributed by atoms with Gasteiger partial charge in [-0.3, -0.25) is 13.9 Å². The number of rotatable bonds is 6. The number of carbonyl (C=O) groups is 1. The Kier molecular flexibility index (Phi) is 5.09. The number of nitrogens with two attached hydrogens (primary N) is 1. The van der Waals surface area contributed by atoms with E-state index in [0.29, 0.717) is 12.5 Å². The van der Waals surface area contributed by atoms with Gasteiger partial charge in [0, 0.05) is 27.6 Å². The summed E-state index contributed by atoms with van der Waals surface area (Å²) in [4.78, 5) is 19.9. The molecule has 1 fully saturated rings. The van der Waals surface area contributed by atoms with Crippen molar-refractivity contribution in [3.63, 3.8) is 0 Å². The molecule has 1 atom stereocenters. The average Bonchev–Trinajstić information content (AvgIpc) is 3.52. The van der Waals surface area contributed by atoms with Gasteiger partial charge in [-0.1, -0.05) is 12.1 Å². The van der Waals surface area contributed by atoms with Crippen molar-refractivity contribution in [2.24, 2.45) is 5.92 Å². The first kappa shape index (κ1) is 22.5. The van der Waals surface area contributed by atoms with E-state index in [9.17, 15) is 33.4 Å². The maximum atomic E-state index is 13.6. The minimum absolute atomic E-state index is 0.0358. The highest BCUT2D eigenvalue weighted by Crippen LogP contribution is 2.47. The van der Waals surface area contributed by atoms with E-state index < -0.39 is 41.6 Å². The minimum atomic E-state index is -5.04. The number of nitriles is 1. The van der Waals surface area contributed by atoms with E-state index in [4.69, 9.17) is 9.85 Å². The summed E-state index contributed by atoms with van der Waals surface area (Å²) in [7, 11) is 0. The zero-order valence-electron chi connectivity index (χ0n) is 23.4. The Hall–Kier alpha value is -4.44. The molecule has 0 radical (unpaired) electrons. The summed E-state index contributed by atoms with van der Waals surface area (Å²) in [5.74, 6) is -1.63. The van der Waals surface area contributed by atoms with Gasteiger partial charge in [0.05, 0.1) is 47.7 Å². The SMILES string of the molecule is [2H]C([2H])([2H])c1ccc(C(C)(O)C(F)(F)F)cc1-c1cnc2c(N)nc(-c3cnn(C4(CC#N)CC(C(=O)O)C4)c3)cn12. The van der Waals surface area contributed by atoms with Crippen molar-refractivity contribution >= 4 is 17.4 Å². The molecule has 0 bridgehead atoms. The molecule has 3 heterocycles. The Labute approximate surface area is 224 Å². The Morgan fingerprint density at radius 2 is 2.08 bits per heavy atom. The van der Waals surface area contributed by atoms with Crippen LogP contribution in [0, 0.1) is 24.1 Å². The van der Waals surface area contributed by atoms with Gasteiger partial charge in [-0.15, -0.1) is 0 Å². The summed E-state index contributed by atoms with van der Waals surface area (Å²) in [6, 6.07) is 4.98. The van der Waals surface area contributed by atoms with Gasteiger partial charge in [-0.25, -0.2) is 9.97 Å². The number of benzene rings is 1. The topological polar surface area (TPSA) is 155 Å². The summed E-state index contributed by atoms with van der Waals surface area (Å²) in [6.07, 6.45) is 1.18. The van der Waals surface area contributed by atoms with Crippen LogP contribution in [0.4, 0.5) is 19.0 Å². The predicted octanol–water partition coefficient (Wildman–Crippen LogP) is 4.02. The molecule has 1 saturated carbocycles. The van der Waals surface area contributed by atoms with Crippen LogP contribution in [-0.2, 0) is 15.9 Å². The number of nitrogen functional groups attached to an aromatic ring is 1. The fourth-order valence-electron chi connectivity index (χ4n) is 4.88. The van der Waals surface area contributed by atoms with E-state index in [-0.39, 0.29) is 53.2 Å². The van der Waals surface area contributed by atoms with Crippen molar-refractivity contribution < 1.29 is 32.3 Å². The second kappa shape index (κ2) is 8.81. The molecule has 0 amide bonds. The van der Waals surface area contributed by atoms with Crippen molar-refractivity contribution in [2.75, 3.05) is 5.73 Å². The Morgan fingerprint density at radius 3 is 2.72 bits per heavy atom. The smallest absolute Gasteiger partial charge is 0.421 e. The van der Waals surface area contributed by atoms with Crippen LogP contribution < -0.4 is 5.73 Å². The molecule has 4 aromatic rings. The molecule has 1 unspecified atom stereocenters. The summed E-state index contributed by atoms with van der Waals surface area (Å²) in [5.41, 5.74) is 2.00. The van der Waals surface area contributed by atoms with E-state index in [1.54, 1.807) is 6.20 Å². The van der Waals surface area contributed by atoms with Crippen LogP contribution >= 0.6 is 0 Å². The number of imidazole rings is 1. The zero-order chi connectivity index (χ0) is 30.8. The number of alkyl halides is 3. The summed E-state index contributed by atoms with van der Waals surface area (Å²) in [6.45, 7) is -2.15. The van der Waals surface area contributed by atoms with Gasteiger partial charge in [-0.05, 0) is 43.8 Å². The number of fused-ring (bicyclic) bond motifs is 1. The van der Waals surface area contributed by atoms with Gasteiger partial charge >= 0.3 is 12.1 Å². The number of hydrogen-bond donors (Lipinski definition) is 3. The van der Waals surface area contributed by atoms with Crippen LogP contribution in [-0.4, -0.2) is 46.5 Å². The molecular formula is C26H24F3N7O3. The second-order valence-corrected chi connectivity index (χ2v) is 9.85. The number of carboxylic acid groups (broad SMARTS) is 1. The van der Waals surface area contributed by atoms with Crippen LogP contribution in [0.5, 0.6) is 0 Å². The van der Waals surface area contributed by atoms with Gasteiger partial charge in [0.15, 0.2) is 17.1 Å². The fourth-order valence-corrected chi connectivity index (χ4v) is 4.88. The molecule has 0 saturated heterocycles. The fraction of sp³-hybridized carbons (Fsp3) is 0.346. The molecule has 0 aliphatic heterocycles. The third-order valence-electron chi connectivity index (χ3n) is 7.30. The molecule has 1 aliphatic carbocycles. The number of nitrogens with zero attached hydrogens (tertiary/aromatic N) is 6. The second-order valence-electron chi connectivity index (χ2n) is 9.85. The number of anilines is 1. The average molecular weight is 543 g/mol. The van der Waals surface area contributed by atoms with Crippen LogP contribution in [0.15, 0.2) is 43.0 Å². The molecule has 39 heavy (non-hydrogen) atoms. The number of halogens is 3. The zero-order valence-corrected chi connectivity index (χ0v) is 20.4. The molecule has 5 rings (SSSR count). The predicted molar refractivity (Wildman–Crippen MR) is 133 cm³/mol. The lowest BCUT2D eigenvalue weighted by Crippen LogP contribution is -2.49. The number of carboxylic acids is 1. The van der Waals surface area contributed by atoms with E-state index in [2.05, 4.69) is 21.1 Å². The van der Waals surface area contributed by atoms with E-state index in [0.717, 1.165) is 18.2 Å². The van der Waals surface area contributed by atoms with Gasteiger partial charge in [0.1, 0.15) is 0 Å². The first-order valence-corrected chi connectivity index (χ1v) is 11.7. The quantitative estimate of drug-likeness (QED) is 0.330. The Balaban J connectivity index is 1.63. The lowest BCUT2D eigenvalue weighted by Gasteiger charge is -2.44. The van der Waals surface area contributed by atoms with Gasteiger partial charge in [-0.2, -0.15) is 23.5 Å². The van der Waals surface area contributed by atoms with Crippen LogP contribution in [0.3, 0.4) is 0 Å². The molecule has 10 nitrogen and oxygen atoms in total. The van der Waals surface area contributed by atoms with Crippen molar-refractivity contribution in [2.45, 2.75) is 50.4 Å². The van der Waals surface area contributed by atoms with E-state index in [1.165, 1.54) is 27.7 Å². The molecule has 1 aromatic carbocycles. The molecule has 3 aromatic heterocycles. The normalized spacial score (nSPS) is 22.3. The standard InChI is InChI=1S/C26H24F3N7O3/c1-14-3-4-17(24(2,39)26(27,28)29)7-18(14)20-11-32-22-21(31)34-19(13-35(20)22)16-10-33-36(12-16)25(5-6-30)8-15(9-25)23(37)38/h3-4,7,10-13,15,39H,5,8-9H2,1-2H3,(H2,31,34)(H,37,38)/i1D3. The summed E-state index contributed by atoms with van der Waals surface area (Å²) >= 11 is 0. The summed E-state index contributed by atoms with van der Waals surface area (Å²) in [5, 5.41) is 33.3. The van der Waals surface area contributed by atoms with E-state index in [1.807, 2.05) is 0 Å². The van der Waals surface area contributed by atoms with Gasteiger partial charge < -0.3 is 15.9 Å². The maximum absolute atomic E-state index is 13.6. The largest absolute Gasteiger partial charge is 0.481 e. The molecule has 202 valence electrons. The van der Waals surface area contributed by atoms with Crippen LogP contribution in [0.2, 0.25) is 0 Å². The lowest BCUT2D eigenvalue weighted by molar-refractivity contribution is -0.258. The van der Waals surface area contributed by atoms with E-state index >= 15 is 0 Å². The van der Waals surface area contributed by atoms with Crippen molar-refractivity contribution in [1.82, 2.24) is 24.1 Å². The first-order chi connectivity index (χ1) is 19.5. The number of aryl methyl sites for hydroxylation is 1. The molecule has 4 N–H and O–H groups in total. The van der Waals surface area contributed by atoms with Crippen molar-refractivity contribution in [3.8, 4) is 28.6 Å². The number of aliphatic hydroxyl groups is 1. The van der Waals surface area contributed by atoms with Crippen LogP contribution in [0.1, 0.15) is 41.4 Å². The Bertz CT molecular complexity index is 1750. The highest BCUT2D eigenvalue weighted by atomic mass is 19.4. The van der Waals surface area contributed by atoms with Gasteiger partial charge in [0.2, 0.25) is 0 Å².